The molecule has 0 bridgehead atoms. The smallest absolute Gasteiger partial charge is 0.313 e. The summed E-state index contributed by atoms with van der Waals surface area (Å²) in [4.78, 5) is 32.5. The van der Waals surface area contributed by atoms with E-state index < -0.39 is 11.9 Å². The molecule has 0 aliphatic carbocycles. The molecule has 6 aromatic heterocycles. The molecule has 18 nitrogen and oxygen atoms in total. The zero-order valence-corrected chi connectivity index (χ0v) is 27.3. The van der Waals surface area contributed by atoms with Crippen molar-refractivity contribution in [3.63, 3.8) is 0 Å². The molecule has 0 aromatic carbocycles. The largest absolute Gasteiger partial charge is 0.481 e. The van der Waals surface area contributed by atoms with Crippen molar-refractivity contribution in [3.05, 3.63) is 49.1 Å². The van der Waals surface area contributed by atoms with Gasteiger partial charge in [-0.05, 0) is 24.3 Å². The molecule has 7 rings (SSSR count). The van der Waals surface area contributed by atoms with Crippen LogP contribution in [0.5, 0.6) is 0 Å². The summed E-state index contributed by atoms with van der Waals surface area (Å²) in [6.45, 7) is 4.22. The fourth-order valence-electron chi connectivity index (χ4n) is 5.09. The van der Waals surface area contributed by atoms with Gasteiger partial charge in [0, 0.05) is 32.0 Å². The second-order valence-electron chi connectivity index (χ2n) is 10.9. The lowest BCUT2D eigenvalue weighted by molar-refractivity contribution is -0.134. The average Bonchev–Trinajstić information content (AvgIpc) is 3.92. The van der Waals surface area contributed by atoms with Gasteiger partial charge in [-0.1, -0.05) is 23.5 Å². The third-order valence-corrected chi connectivity index (χ3v) is 9.02. The summed E-state index contributed by atoms with van der Waals surface area (Å²) in [6, 6.07) is 7.21. The maximum atomic E-state index is 10.8. The van der Waals surface area contributed by atoms with Crippen LogP contribution in [0.2, 0.25) is 0 Å². The van der Waals surface area contributed by atoms with Crippen molar-refractivity contribution in [3.8, 4) is 45.8 Å². The van der Waals surface area contributed by atoms with Crippen molar-refractivity contribution in [1.29, 1.82) is 0 Å². The normalized spacial score (nSPS) is 15.2. The van der Waals surface area contributed by atoms with Crippen LogP contribution in [0.1, 0.15) is 0 Å². The Labute approximate surface area is 285 Å². The molecule has 1 unspecified atom stereocenters. The number of hydrogen-bond donors (Lipinski definition) is 4. The lowest BCUT2D eigenvalue weighted by atomic mass is 10.2. The molecule has 1 fully saturated rings. The fourth-order valence-corrected chi connectivity index (χ4v) is 6.12. The van der Waals surface area contributed by atoms with Crippen molar-refractivity contribution in [1.82, 2.24) is 54.8 Å². The van der Waals surface area contributed by atoms with E-state index >= 15 is 0 Å². The highest BCUT2D eigenvalue weighted by Gasteiger charge is 2.22. The monoisotopic (exact) mass is 707 g/mol. The van der Waals surface area contributed by atoms with Gasteiger partial charge >= 0.3 is 11.9 Å². The molecule has 1 aliphatic rings. The second kappa shape index (κ2) is 14.5. The van der Waals surface area contributed by atoms with Gasteiger partial charge in [0.2, 0.25) is 10.3 Å². The molecule has 0 radical (unpaired) electrons. The van der Waals surface area contributed by atoms with E-state index in [1.807, 2.05) is 33.9 Å². The number of carboxylic acids is 2. The number of carboxylic acid groups (broad SMARTS) is 2. The Bertz CT molecular complexity index is 2040. The van der Waals surface area contributed by atoms with Gasteiger partial charge in [0.15, 0.2) is 23.2 Å². The van der Waals surface area contributed by atoms with E-state index in [2.05, 4.69) is 45.5 Å². The SMILES string of the molecule is O=C(O)CSc1n[nH]c(-c2ccc(-c3cnn(CCN4CCOC(Cn5cc(-c6ccc(-c7nc(SCC(=O)O)n[nH]7)o6)cn5)C4)c3)o2)n1. The molecule has 1 aliphatic heterocycles. The van der Waals surface area contributed by atoms with E-state index in [4.69, 9.17) is 23.8 Å². The fraction of sp³-hybridized carbons (Fsp3) is 0.310. The van der Waals surface area contributed by atoms with Crippen LogP contribution in [0, 0.1) is 0 Å². The predicted octanol–water partition coefficient (Wildman–Crippen LogP) is 2.92. The third kappa shape index (κ3) is 8.11. The number of morpholine rings is 1. The van der Waals surface area contributed by atoms with Crippen molar-refractivity contribution in [2.24, 2.45) is 0 Å². The summed E-state index contributed by atoms with van der Waals surface area (Å²) in [5, 5.41) is 41.0. The maximum absolute atomic E-state index is 10.8. The minimum absolute atomic E-state index is 0.0431. The topological polar surface area (TPSA) is 232 Å². The van der Waals surface area contributed by atoms with Crippen LogP contribution < -0.4 is 0 Å². The average molecular weight is 708 g/mol. The number of nitrogens with zero attached hydrogens (tertiary/aromatic N) is 9. The highest BCUT2D eigenvalue weighted by Crippen LogP contribution is 2.29. The first kappa shape index (κ1) is 32.4. The molecule has 1 atom stereocenters. The third-order valence-electron chi connectivity index (χ3n) is 7.35. The van der Waals surface area contributed by atoms with Crippen molar-refractivity contribution in [2.75, 3.05) is 37.7 Å². The van der Waals surface area contributed by atoms with Crippen molar-refractivity contribution < 1.29 is 33.4 Å². The molecule has 0 spiro atoms. The number of furan rings is 2. The standard InChI is InChI=1S/C29H29N11O7S2/c41-24(42)15-48-28-32-26(34-36-28)22-3-1-20(46-22)17-9-30-39(11-17)6-5-38-7-8-45-19(13-38)14-40-12-18(10-31-40)21-2-4-23(47-21)27-33-29(37-35-27)49-16-25(43)44/h1-4,9-12,19H,5-8,13-16H2,(H,41,42)(H,43,44)(H,32,34,36)(H,33,35,37). The minimum atomic E-state index is -0.941. The molecular weight excluding hydrogens is 679 g/mol. The van der Waals surface area contributed by atoms with Crippen LogP contribution in [0.25, 0.3) is 45.8 Å². The number of aromatic nitrogens is 10. The van der Waals surface area contributed by atoms with Gasteiger partial charge in [-0.25, -0.2) is 0 Å². The molecule has 4 N–H and O–H groups in total. The quantitative estimate of drug-likeness (QED) is 0.112. The van der Waals surface area contributed by atoms with Crippen LogP contribution in [0.3, 0.4) is 0 Å². The molecule has 254 valence electrons. The van der Waals surface area contributed by atoms with Gasteiger partial charge in [0.05, 0.1) is 60.8 Å². The Hall–Kier alpha value is -5.18. The van der Waals surface area contributed by atoms with Gasteiger partial charge in [-0.2, -0.15) is 20.2 Å². The predicted molar refractivity (Wildman–Crippen MR) is 174 cm³/mol. The highest BCUT2D eigenvalue weighted by molar-refractivity contribution is 8.00. The van der Waals surface area contributed by atoms with E-state index in [0.717, 1.165) is 54.3 Å². The molecule has 0 amide bonds. The number of aromatic amines is 2. The van der Waals surface area contributed by atoms with E-state index in [1.165, 1.54) is 0 Å². The zero-order valence-electron chi connectivity index (χ0n) is 25.6. The molecule has 6 aromatic rings. The second-order valence-corrected chi connectivity index (χ2v) is 12.7. The van der Waals surface area contributed by atoms with Gasteiger partial charge in [0.25, 0.3) is 0 Å². The van der Waals surface area contributed by atoms with Gasteiger partial charge in [0.1, 0.15) is 11.5 Å². The van der Waals surface area contributed by atoms with Crippen LogP contribution in [-0.4, -0.2) is 121 Å². The molecular formula is C29H29N11O7S2. The first-order chi connectivity index (χ1) is 23.8. The first-order valence-electron chi connectivity index (χ1n) is 15.0. The van der Waals surface area contributed by atoms with E-state index in [9.17, 15) is 9.59 Å². The number of ether oxygens (including phenoxy) is 1. The van der Waals surface area contributed by atoms with Crippen LogP contribution in [-0.2, 0) is 27.4 Å². The summed E-state index contributed by atoms with van der Waals surface area (Å²) in [5.74, 6) is 0.922. The van der Waals surface area contributed by atoms with E-state index in [1.54, 1.807) is 24.5 Å². The number of nitrogens with one attached hydrogen (secondary N) is 2. The maximum Gasteiger partial charge on any atom is 0.313 e. The Morgan fingerprint density at radius 1 is 0.796 bits per heavy atom. The van der Waals surface area contributed by atoms with Crippen LogP contribution in [0.15, 0.2) is 68.2 Å². The Morgan fingerprint density at radius 3 is 1.94 bits per heavy atom. The number of H-pyrrole nitrogens is 2. The number of aliphatic carboxylic acids is 2. The number of thioether (sulfide) groups is 2. The number of carbonyl (C=O) groups is 2. The highest BCUT2D eigenvalue weighted by atomic mass is 32.2. The van der Waals surface area contributed by atoms with Gasteiger partial charge < -0.3 is 23.8 Å². The molecule has 7 heterocycles. The summed E-state index contributed by atoms with van der Waals surface area (Å²) in [5.41, 5.74) is 1.63. The Kier molecular flexibility index (Phi) is 9.59. The first-order valence-corrected chi connectivity index (χ1v) is 17.0. The molecule has 20 heteroatoms. The van der Waals surface area contributed by atoms with Crippen LogP contribution >= 0.6 is 23.5 Å². The van der Waals surface area contributed by atoms with E-state index in [-0.39, 0.29) is 17.6 Å². The van der Waals surface area contributed by atoms with Gasteiger partial charge in [-0.3, -0.25) is 34.0 Å². The van der Waals surface area contributed by atoms with E-state index in [0.29, 0.717) is 64.7 Å². The molecule has 49 heavy (non-hydrogen) atoms. The van der Waals surface area contributed by atoms with Crippen LogP contribution in [0.4, 0.5) is 0 Å². The molecule has 1 saturated heterocycles. The summed E-state index contributed by atoms with van der Waals surface area (Å²) >= 11 is 2.05. The Morgan fingerprint density at radius 2 is 1.35 bits per heavy atom. The lowest BCUT2D eigenvalue weighted by Gasteiger charge is -2.32. The minimum Gasteiger partial charge on any atom is -0.481 e. The lowest BCUT2D eigenvalue weighted by Crippen LogP contribution is -2.45. The summed E-state index contributed by atoms with van der Waals surface area (Å²) in [6.07, 6.45) is 7.28. The number of hydrogen-bond acceptors (Lipinski definition) is 14. The zero-order chi connectivity index (χ0) is 33.7. The van der Waals surface area contributed by atoms with Gasteiger partial charge in [-0.15, -0.1) is 10.2 Å². The Balaban J connectivity index is 0.893. The van der Waals surface area contributed by atoms with Crippen molar-refractivity contribution in [2.45, 2.75) is 29.5 Å². The number of rotatable bonds is 15. The summed E-state index contributed by atoms with van der Waals surface area (Å²) < 4.78 is 21.7. The summed E-state index contributed by atoms with van der Waals surface area (Å²) in [7, 11) is 0. The van der Waals surface area contributed by atoms with Crippen molar-refractivity contribution >= 4 is 35.5 Å². The molecule has 0 saturated carbocycles.